The molecule has 30 heavy (non-hydrogen) atoms. The molecule has 1 amide bonds. The summed E-state index contributed by atoms with van der Waals surface area (Å²) in [5, 5.41) is 5.64. The van der Waals surface area contributed by atoms with Crippen LogP contribution in [0, 0.1) is 5.82 Å². The average Bonchev–Trinajstić information content (AvgIpc) is 3.37. The number of hydrogen-bond acceptors (Lipinski definition) is 6. The number of benzene rings is 1. The fraction of sp³-hybridized carbons (Fsp3) is 0.476. The normalized spacial score (nSPS) is 17.6. The van der Waals surface area contributed by atoms with Gasteiger partial charge >= 0.3 is 0 Å². The van der Waals surface area contributed by atoms with Gasteiger partial charge in [-0.25, -0.2) is 13.9 Å². The van der Waals surface area contributed by atoms with Gasteiger partial charge in [-0.15, -0.1) is 5.10 Å². The van der Waals surface area contributed by atoms with Crippen molar-refractivity contribution in [3.05, 3.63) is 36.3 Å². The molecule has 0 radical (unpaired) electrons. The minimum absolute atomic E-state index is 0.254. The molecule has 2 aromatic heterocycles. The lowest BCUT2D eigenvalue weighted by Crippen LogP contribution is -2.50. The molecule has 0 N–H and O–H groups in total. The van der Waals surface area contributed by atoms with Gasteiger partial charge in [0.05, 0.1) is 18.4 Å². The molecule has 3 heterocycles. The Bertz CT molecular complexity index is 1000. The van der Waals surface area contributed by atoms with Gasteiger partial charge in [0.15, 0.2) is 0 Å². The highest BCUT2D eigenvalue weighted by molar-refractivity contribution is 7.20. The van der Waals surface area contributed by atoms with E-state index in [0.29, 0.717) is 12.6 Å². The lowest BCUT2D eigenvalue weighted by molar-refractivity contribution is -0.132. The SMILES string of the molecule is CCN(C(=O)CN1CCN(c2nn3cc(-c4ccc(F)cc4)nc3s2)CC1)C1CC1. The maximum Gasteiger partial charge on any atom is 0.236 e. The number of nitrogens with zero attached hydrogens (tertiary/aromatic N) is 6. The van der Waals surface area contributed by atoms with Crippen LogP contribution in [0.3, 0.4) is 0 Å². The predicted molar refractivity (Wildman–Crippen MR) is 115 cm³/mol. The highest BCUT2D eigenvalue weighted by atomic mass is 32.1. The van der Waals surface area contributed by atoms with E-state index in [4.69, 9.17) is 0 Å². The van der Waals surface area contributed by atoms with Crippen LogP contribution in [0.5, 0.6) is 0 Å². The van der Waals surface area contributed by atoms with Crippen LogP contribution in [-0.4, -0.2) is 75.6 Å². The van der Waals surface area contributed by atoms with Gasteiger partial charge in [-0.2, -0.15) is 0 Å². The zero-order chi connectivity index (χ0) is 20.7. The summed E-state index contributed by atoms with van der Waals surface area (Å²) in [5.41, 5.74) is 1.67. The lowest BCUT2D eigenvalue weighted by Gasteiger charge is -2.35. The van der Waals surface area contributed by atoms with Crippen molar-refractivity contribution in [2.45, 2.75) is 25.8 Å². The lowest BCUT2D eigenvalue weighted by atomic mass is 10.2. The molecular weight excluding hydrogens is 403 g/mol. The van der Waals surface area contributed by atoms with Gasteiger partial charge < -0.3 is 9.80 Å². The number of fused-ring (bicyclic) bond motifs is 1. The van der Waals surface area contributed by atoms with Gasteiger partial charge in [-0.1, -0.05) is 11.3 Å². The molecule has 1 aromatic carbocycles. The van der Waals surface area contributed by atoms with E-state index >= 15 is 0 Å². The van der Waals surface area contributed by atoms with E-state index in [1.54, 1.807) is 28.0 Å². The van der Waals surface area contributed by atoms with E-state index in [9.17, 15) is 9.18 Å². The molecular formula is C21H25FN6OS. The topological polar surface area (TPSA) is 57.0 Å². The standard InChI is InChI=1S/C21H25FN6OS/c1-2-27(17-7-8-17)19(29)14-25-9-11-26(12-10-25)21-24-28-13-18(23-20(28)30-21)15-3-5-16(22)6-4-15/h3-6,13,17H,2,7-12,14H2,1H3. The molecule has 1 aliphatic heterocycles. The Kier molecular flexibility index (Phi) is 5.16. The van der Waals surface area contributed by atoms with E-state index in [-0.39, 0.29) is 11.7 Å². The highest BCUT2D eigenvalue weighted by Crippen LogP contribution is 2.28. The zero-order valence-corrected chi connectivity index (χ0v) is 17.8. The van der Waals surface area contributed by atoms with E-state index in [2.05, 4.69) is 26.8 Å². The second kappa shape index (κ2) is 7.96. The molecule has 2 aliphatic rings. The van der Waals surface area contributed by atoms with Crippen molar-refractivity contribution in [3.8, 4) is 11.3 Å². The summed E-state index contributed by atoms with van der Waals surface area (Å²) in [6.07, 6.45) is 4.19. The zero-order valence-electron chi connectivity index (χ0n) is 17.0. The van der Waals surface area contributed by atoms with Crippen molar-refractivity contribution in [1.82, 2.24) is 24.4 Å². The number of amides is 1. The molecule has 0 unspecified atom stereocenters. The number of carbonyl (C=O) groups excluding carboxylic acids is 1. The molecule has 1 aliphatic carbocycles. The Morgan fingerprint density at radius 3 is 2.57 bits per heavy atom. The first-order valence-corrected chi connectivity index (χ1v) is 11.3. The van der Waals surface area contributed by atoms with E-state index in [1.165, 1.54) is 12.1 Å². The molecule has 0 atom stereocenters. The molecule has 9 heteroatoms. The van der Waals surface area contributed by atoms with Crippen LogP contribution >= 0.6 is 11.3 Å². The number of rotatable bonds is 6. The van der Waals surface area contributed by atoms with E-state index < -0.39 is 0 Å². The number of piperazine rings is 1. The van der Waals surface area contributed by atoms with Gasteiger partial charge in [0.25, 0.3) is 0 Å². The van der Waals surface area contributed by atoms with Crippen molar-refractivity contribution in [2.24, 2.45) is 0 Å². The van der Waals surface area contributed by atoms with Crippen molar-refractivity contribution < 1.29 is 9.18 Å². The van der Waals surface area contributed by atoms with Crippen LogP contribution < -0.4 is 4.90 Å². The molecule has 7 nitrogen and oxygen atoms in total. The number of halogens is 1. The van der Waals surface area contributed by atoms with Crippen molar-refractivity contribution in [3.63, 3.8) is 0 Å². The Hall–Kier alpha value is -2.52. The third kappa shape index (κ3) is 3.91. The summed E-state index contributed by atoms with van der Waals surface area (Å²) in [5.74, 6) is 0.00505. The maximum atomic E-state index is 13.1. The first-order valence-electron chi connectivity index (χ1n) is 10.5. The van der Waals surface area contributed by atoms with Crippen LogP contribution in [0.15, 0.2) is 30.5 Å². The largest absolute Gasteiger partial charge is 0.344 e. The van der Waals surface area contributed by atoms with E-state index in [0.717, 1.165) is 66.9 Å². The number of hydrogen-bond donors (Lipinski definition) is 0. The fourth-order valence-corrected chi connectivity index (χ4v) is 4.92. The first kappa shape index (κ1) is 19.4. The minimum atomic E-state index is -0.254. The van der Waals surface area contributed by atoms with Crippen LogP contribution in [0.1, 0.15) is 19.8 Å². The van der Waals surface area contributed by atoms with Crippen LogP contribution in [0.2, 0.25) is 0 Å². The van der Waals surface area contributed by atoms with Crippen molar-refractivity contribution in [2.75, 3.05) is 44.2 Å². The summed E-state index contributed by atoms with van der Waals surface area (Å²) >= 11 is 1.56. The fourth-order valence-electron chi connectivity index (χ4n) is 3.98. The number of carbonyl (C=O) groups is 1. The summed E-state index contributed by atoms with van der Waals surface area (Å²) in [6.45, 7) is 6.80. The van der Waals surface area contributed by atoms with Gasteiger partial charge in [-0.05, 0) is 44.0 Å². The number of anilines is 1. The summed E-state index contributed by atoms with van der Waals surface area (Å²) < 4.78 is 14.9. The van der Waals surface area contributed by atoms with Crippen LogP contribution in [-0.2, 0) is 4.79 Å². The minimum Gasteiger partial charge on any atom is -0.344 e. The van der Waals surface area contributed by atoms with Crippen molar-refractivity contribution in [1.29, 1.82) is 0 Å². The summed E-state index contributed by atoms with van der Waals surface area (Å²) in [6, 6.07) is 6.82. The number of aromatic nitrogens is 3. The molecule has 1 saturated carbocycles. The monoisotopic (exact) mass is 428 g/mol. The smallest absolute Gasteiger partial charge is 0.236 e. The summed E-state index contributed by atoms with van der Waals surface area (Å²) in [4.78, 5) is 24.6. The van der Waals surface area contributed by atoms with Gasteiger partial charge in [0, 0.05) is 44.3 Å². The van der Waals surface area contributed by atoms with Crippen molar-refractivity contribution >= 4 is 27.3 Å². The number of imidazole rings is 1. The third-order valence-corrected chi connectivity index (χ3v) is 6.81. The Balaban J connectivity index is 1.20. The second-order valence-electron chi connectivity index (χ2n) is 7.92. The van der Waals surface area contributed by atoms with Crippen LogP contribution in [0.4, 0.5) is 9.52 Å². The quantitative estimate of drug-likeness (QED) is 0.604. The summed E-state index contributed by atoms with van der Waals surface area (Å²) in [7, 11) is 0. The molecule has 5 rings (SSSR count). The second-order valence-corrected chi connectivity index (χ2v) is 8.85. The number of likely N-dealkylation sites (N-methyl/N-ethyl adjacent to an activating group) is 1. The average molecular weight is 429 g/mol. The highest BCUT2D eigenvalue weighted by Gasteiger charge is 2.32. The van der Waals surface area contributed by atoms with E-state index in [1.807, 2.05) is 11.1 Å². The molecule has 0 spiro atoms. The molecule has 1 saturated heterocycles. The Morgan fingerprint density at radius 1 is 1.20 bits per heavy atom. The predicted octanol–water partition coefficient (Wildman–Crippen LogP) is 2.73. The molecule has 3 aromatic rings. The van der Waals surface area contributed by atoms with Gasteiger partial charge in [0.2, 0.25) is 16.0 Å². The molecule has 2 fully saturated rings. The maximum absolute atomic E-state index is 13.1. The van der Waals surface area contributed by atoms with Gasteiger partial charge in [0.1, 0.15) is 5.82 Å². The first-order chi connectivity index (χ1) is 14.6. The third-order valence-electron chi connectivity index (χ3n) is 5.82. The Labute approximate surface area is 178 Å². The van der Waals surface area contributed by atoms with Crippen LogP contribution in [0.25, 0.3) is 16.2 Å². The Morgan fingerprint density at radius 2 is 1.93 bits per heavy atom. The van der Waals surface area contributed by atoms with Gasteiger partial charge in [-0.3, -0.25) is 9.69 Å². The molecule has 158 valence electrons. The molecule has 0 bridgehead atoms.